The number of phenolic OH excluding ortho intramolecular Hbond substituents is 1. The van der Waals surface area contributed by atoms with Gasteiger partial charge in [0.05, 0.1) is 5.56 Å². The van der Waals surface area contributed by atoms with Gasteiger partial charge in [0.25, 0.3) is 0 Å². The Morgan fingerprint density at radius 3 is 2.18 bits per heavy atom. The summed E-state index contributed by atoms with van der Waals surface area (Å²) >= 11 is 0. The smallest absolute Gasteiger partial charge is 0.162 e. The normalized spacial score (nSPS) is 10.8. The second-order valence-corrected chi connectivity index (χ2v) is 5.80. The Labute approximate surface area is 133 Å². The van der Waals surface area contributed by atoms with Crippen molar-refractivity contribution in [2.75, 3.05) is 0 Å². The Kier molecular flexibility index (Phi) is 6.88. The molecule has 0 aliphatic rings. The highest BCUT2D eigenvalue weighted by Crippen LogP contribution is 2.25. The highest BCUT2D eigenvalue weighted by molar-refractivity contribution is 5.62. The Hall–Kier alpha value is -1.90. The summed E-state index contributed by atoms with van der Waals surface area (Å²) in [7, 11) is 0. The van der Waals surface area contributed by atoms with Crippen LogP contribution in [0.2, 0.25) is 0 Å². The maximum Gasteiger partial charge on any atom is 0.162 e. The molecular formula is C19H26N2O. The molecule has 3 nitrogen and oxygen atoms in total. The Morgan fingerprint density at radius 2 is 1.50 bits per heavy atom. The maximum absolute atomic E-state index is 9.82. The lowest BCUT2D eigenvalue weighted by Crippen LogP contribution is -1.93. The molecule has 0 amide bonds. The van der Waals surface area contributed by atoms with Crippen molar-refractivity contribution in [1.29, 1.82) is 0 Å². The average molecular weight is 298 g/mol. The number of phenols is 1. The van der Waals surface area contributed by atoms with E-state index in [0.717, 1.165) is 6.42 Å². The Bertz CT molecular complexity index is 552. The molecule has 2 rings (SSSR count). The van der Waals surface area contributed by atoms with Gasteiger partial charge in [-0.1, -0.05) is 57.6 Å². The number of aromatic nitrogens is 2. The monoisotopic (exact) mass is 298 g/mol. The maximum atomic E-state index is 9.82. The molecule has 0 aliphatic carbocycles. The third kappa shape index (κ3) is 5.14. The zero-order valence-electron chi connectivity index (χ0n) is 13.5. The zero-order chi connectivity index (χ0) is 15.6. The molecule has 22 heavy (non-hydrogen) atoms. The number of nitrogens with zero attached hydrogens (tertiary/aromatic N) is 2. The van der Waals surface area contributed by atoms with Crippen LogP contribution in [-0.4, -0.2) is 15.1 Å². The molecule has 1 aromatic carbocycles. The van der Waals surface area contributed by atoms with Gasteiger partial charge in [-0.25, -0.2) is 9.97 Å². The van der Waals surface area contributed by atoms with Crippen molar-refractivity contribution in [1.82, 2.24) is 9.97 Å². The summed E-state index contributed by atoms with van der Waals surface area (Å²) in [6.07, 6.45) is 14.0. The van der Waals surface area contributed by atoms with Gasteiger partial charge in [0.1, 0.15) is 5.75 Å². The molecule has 0 saturated heterocycles. The van der Waals surface area contributed by atoms with Crippen LogP contribution in [0.5, 0.6) is 5.75 Å². The number of unbranched alkanes of at least 4 members (excludes halogenated alkanes) is 6. The van der Waals surface area contributed by atoms with Gasteiger partial charge in [-0.3, -0.25) is 0 Å². The van der Waals surface area contributed by atoms with Gasteiger partial charge in [-0.15, -0.1) is 0 Å². The SMILES string of the molecule is CCCCCCCCCc1cnc(-c2ccccc2O)nc1. The van der Waals surface area contributed by atoms with E-state index in [1.165, 1.54) is 50.5 Å². The minimum absolute atomic E-state index is 0.224. The number of para-hydroxylation sites is 1. The Balaban J connectivity index is 1.77. The highest BCUT2D eigenvalue weighted by atomic mass is 16.3. The molecule has 0 fully saturated rings. The number of hydrogen-bond donors (Lipinski definition) is 1. The third-order valence-corrected chi connectivity index (χ3v) is 3.92. The van der Waals surface area contributed by atoms with E-state index >= 15 is 0 Å². The van der Waals surface area contributed by atoms with Crippen LogP contribution < -0.4 is 0 Å². The molecule has 0 unspecified atom stereocenters. The lowest BCUT2D eigenvalue weighted by atomic mass is 10.1. The van der Waals surface area contributed by atoms with Crippen molar-refractivity contribution in [2.45, 2.75) is 58.3 Å². The van der Waals surface area contributed by atoms with Crippen LogP contribution in [0.3, 0.4) is 0 Å². The Morgan fingerprint density at radius 1 is 0.864 bits per heavy atom. The first kappa shape index (κ1) is 16.5. The summed E-state index contributed by atoms with van der Waals surface area (Å²) in [5.74, 6) is 0.809. The molecule has 2 aromatic rings. The molecule has 1 N–H and O–H groups in total. The second kappa shape index (κ2) is 9.19. The number of benzene rings is 1. The number of rotatable bonds is 9. The summed E-state index contributed by atoms with van der Waals surface area (Å²) in [4.78, 5) is 8.76. The first-order valence-electron chi connectivity index (χ1n) is 8.40. The first-order chi connectivity index (χ1) is 10.8. The minimum Gasteiger partial charge on any atom is -0.507 e. The van der Waals surface area contributed by atoms with Gasteiger partial charge in [-0.05, 0) is 30.5 Å². The predicted octanol–water partition coefficient (Wildman–Crippen LogP) is 5.14. The van der Waals surface area contributed by atoms with Gasteiger partial charge >= 0.3 is 0 Å². The van der Waals surface area contributed by atoms with Crippen molar-refractivity contribution < 1.29 is 5.11 Å². The summed E-state index contributed by atoms with van der Waals surface area (Å²) in [5, 5.41) is 9.82. The van der Waals surface area contributed by atoms with Gasteiger partial charge in [0.15, 0.2) is 5.82 Å². The lowest BCUT2D eigenvalue weighted by molar-refractivity contribution is 0.477. The molecule has 0 aliphatic heterocycles. The van der Waals surface area contributed by atoms with Crippen LogP contribution in [0.4, 0.5) is 0 Å². The summed E-state index contributed by atoms with van der Waals surface area (Å²) < 4.78 is 0. The zero-order valence-corrected chi connectivity index (χ0v) is 13.5. The minimum atomic E-state index is 0.224. The van der Waals surface area contributed by atoms with Crippen LogP contribution in [0.15, 0.2) is 36.7 Å². The van der Waals surface area contributed by atoms with E-state index in [0.29, 0.717) is 11.4 Å². The fourth-order valence-electron chi connectivity index (χ4n) is 2.57. The standard InChI is InChI=1S/C19H26N2O/c1-2-3-4-5-6-7-8-11-16-14-20-19(21-15-16)17-12-9-10-13-18(17)22/h9-10,12-15,22H,2-8,11H2,1H3. The molecule has 0 atom stereocenters. The average Bonchev–Trinajstić information content (AvgIpc) is 2.55. The van der Waals surface area contributed by atoms with Gasteiger partial charge in [-0.2, -0.15) is 0 Å². The van der Waals surface area contributed by atoms with Gasteiger partial charge in [0.2, 0.25) is 0 Å². The lowest BCUT2D eigenvalue weighted by Gasteiger charge is -2.05. The predicted molar refractivity (Wildman–Crippen MR) is 90.8 cm³/mol. The van der Waals surface area contributed by atoms with Crippen molar-refractivity contribution >= 4 is 0 Å². The van der Waals surface area contributed by atoms with Crippen LogP contribution in [0, 0.1) is 0 Å². The van der Waals surface area contributed by atoms with E-state index < -0.39 is 0 Å². The molecule has 0 bridgehead atoms. The molecule has 118 valence electrons. The van der Waals surface area contributed by atoms with Crippen LogP contribution in [0.25, 0.3) is 11.4 Å². The van der Waals surface area contributed by atoms with Gasteiger partial charge in [0, 0.05) is 12.4 Å². The molecular weight excluding hydrogens is 272 g/mol. The second-order valence-electron chi connectivity index (χ2n) is 5.80. The van der Waals surface area contributed by atoms with Crippen molar-refractivity contribution in [2.24, 2.45) is 0 Å². The van der Waals surface area contributed by atoms with E-state index in [1.54, 1.807) is 12.1 Å². The van der Waals surface area contributed by atoms with E-state index in [1.807, 2.05) is 24.5 Å². The van der Waals surface area contributed by atoms with E-state index in [9.17, 15) is 5.11 Å². The number of aromatic hydroxyl groups is 1. The summed E-state index contributed by atoms with van der Waals surface area (Å²) in [6.45, 7) is 2.25. The quantitative estimate of drug-likeness (QED) is 0.652. The number of hydrogen-bond acceptors (Lipinski definition) is 3. The summed E-state index contributed by atoms with van der Waals surface area (Å²) in [5.41, 5.74) is 1.86. The fraction of sp³-hybridized carbons (Fsp3) is 0.474. The third-order valence-electron chi connectivity index (χ3n) is 3.92. The summed E-state index contributed by atoms with van der Waals surface area (Å²) in [6, 6.07) is 7.17. The van der Waals surface area contributed by atoms with E-state index in [-0.39, 0.29) is 5.75 Å². The van der Waals surface area contributed by atoms with Gasteiger partial charge < -0.3 is 5.11 Å². The molecule has 0 saturated carbocycles. The molecule has 1 aromatic heterocycles. The largest absolute Gasteiger partial charge is 0.507 e. The van der Waals surface area contributed by atoms with Crippen molar-refractivity contribution in [3.8, 4) is 17.1 Å². The first-order valence-corrected chi connectivity index (χ1v) is 8.40. The molecule has 0 spiro atoms. The van der Waals surface area contributed by atoms with Crippen molar-refractivity contribution in [3.63, 3.8) is 0 Å². The molecule has 0 radical (unpaired) electrons. The highest BCUT2D eigenvalue weighted by Gasteiger charge is 2.06. The van der Waals surface area contributed by atoms with Crippen LogP contribution >= 0.6 is 0 Å². The fourth-order valence-corrected chi connectivity index (χ4v) is 2.57. The molecule has 3 heteroatoms. The topological polar surface area (TPSA) is 46.0 Å². The van der Waals surface area contributed by atoms with Crippen LogP contribution in [-0.2, 0) is 6.42 Å². The number of aryl methyl sites for hydroxylation is 1. The van der Waals surface area contributed by atoms with Crippen molar-refractivity contribution in [3.05, 3.63) is 42.2 Å². The molecule has 1 heterocycles. The van der Waals surface area contributed by atoms with E-state index in [4.69, 9.17) is 0 Å². The van der Waals surface area contributed by atoms with Crippen LogP contribution in [0.1, 0.15) is 57.4 Å². The van der Waals surface area contributed by atoms with E-state index in [2.05, 4.69) is 16.9 Å².